The van der Waals surface area contributed by atoms with E-state index in [-0.39, 0.29) is 25.0 Å². The highest BCUT2D eigenvalue weighted by Gasteiger charge is 2.36. The van der Waals surface area contributed by atoms with Crippen molar-refractivity contribution in [1.29, 1.82) is 0 Å². The summed E-state index contributed by atoms with van der Waals surface area (Å²) in [6.45, 7) is 3.43. The standard InChI is InChI=1S/C18H25NO6/c1-2-7-19(8-12-9-23-10-13(20)17(12)21)18(22)16-11-24-14-5-3-4-6-15(14)25-16/h3-6,12-13,16-17,20-21H,2,7-11H2,1H3/t12-,13-,16+,17+/m1/s1. The van der Waals surface area contributed by atoms with Gasteiger partial charge in [-0.25, -0.2) is 0 Å². The number of aliphatic hydroxyl groups excluding tert-OH is 2. The zero-order valence-corrected chi connectivity index (χ0v) is 14.3. The van der Waals surface area contributed by atoms with E-state index in [1.165, 1.54) is 0 Å². The van der Waals surface area contributed by atoms with Gasteiger partial charge in [0.05, 0.1) is 19.3 Å². The van der Waals surface area contributed by atoms with Gasteiger partial charge in [-0.1, -0.05) is 19.1 Å². The maximum absolute atomic E-state index is 12.9. The lowest BCUT2D eigenvalue weighted by Crippen LogP contribution is -2.53. The SMILES string of the molecule is CCCN(C[C@@H]1COC[C@@H](O)[C@H]1O)C(=O)[C@@H]1COc2ccccc2O1. The third-order valence-electron chi connectivity index (χ3n) is 4.54. The lowest BCUT2D eigenvalue weighted by Gasteiger charge is -2.37. The Morgan fingerprint density at radius 3 is 2.72 bits per heavy atom. The molecule has 1 saturated heterocycles. The molecule has 138 valence electrons. The molecule has 0 aliphatic carbocycles. The summed E-state index contributed by atoms with van der Waals surface area (Å²) in [7, 11) is 0. The molecule has 1 aromatic rings. The van der Waals surface area contributed by atoms with Gasteiger partial charge in [0.15, 0.2) is 11.5 Å². The number of aliphatic hydroxyl groups is 2. The normalized spacial score (nSPS) is 28.4. The molecule has 7 heteroatoms. The van der Waals surface area contributed by atoms with E-state index in [1.54, 1.807) is 17.0 Å². The van der Waals surface area contributed by atoms with Crippen molar-refractivity contribution < 1.29 is 29.2 Å². The van der Waals surface area contributed by atoms with Crippen LogP contribution < -0.4 is 9.47 Å². The molecule has 2 N–H and O–H groups in total. The molecule has 0 spiro atoms. The second kappa shape index (κ2) is 8.03. The Balaban J connectivity index is 1.67. The lowest BCUT2D eigenvalue weighted by molar-refractivity contribution is -0.149. The van der Waals surface area contributed by atoms with Gasteiger partial charge in [0, 0.05) is 19.0 Å². The third kappa shape index (κ3) is 4.05. The molecule has 0 aromatic heterocycles. The zero-order chi connectivity index (χ0) is 17.8. The van der Waals surface area contributed by atoms with Crippen molar-refractivity contribution in [1.82, 2.24) is 4.90 Å². The first kappa shape index (κ1) is 18.0. The van der Waals surface area contributed by atoms with Crippen LogP contribution in [0, 0.1) is 5.92 Å². The molecule has 2 aliphatic heterocycles. The molecule has 1 aromatic carbocycles. The van der Waals surface area contributed by atoms with Crippen LogP contribution in [0.1, 0.15) is 13.3 Å². The van der Waals surface area contributed by atoms with Crippen LogP contribution in [-0.2, 0) is 9.53 Å². The minimum atomic E-state index is -0.918. The van der Waals surface area contributed by atoms with Crippen LogP contribution >= 0.6 is 0 Å². The Kier molecular flexibility index (Phi) is 5.78. The predicted molar refractivity (Wildman–Crippen MR) is 89.5 cm³/mol. The third-order valence-corrected chi connectivity index (χ3v) is 4.54. The molecule has 2 heterocycles. The van der Waals surface area contributed by atoms with Crippen molar-refractivity contribution in [2.75, 3.05) is 32.9 Å². The van der Waals surface area contributed by atoms with E-state index in [1.807, 2.05) is 19.1 Å². The van der Waals surface area contributed by atoms with E-state index in [4.69, 9.17) is 14.2 Å². The van der Waals surface area contributed by atoms with Gasteiger partial charge in [-0.2, -0.15) is 0 Å². The Morgan fingerprint density at radius 2 is 1.96 bits per heavy atom. The van der Waals surface area contributed by atoms with Crippen molar-refractivity contribution in [2.45, 2.75) is 31.7 Å². The summed E-state index contributed by atoms with van der Waals surface area (Å²) in [4.78, 5) is 14.6. The van der Waals surface area contributed by atoms with Crippen molar-refractivity contribution in [3.05, 3.63) is 24.3 Å². The Bertz CT molecular complexity index is 595. The van der Waals surface area contributed by atoms with E-state index in [2.05, 4.69) is 0 Å². The quantitative estimate of drug-likeness (QED) is 0.800. The van der Waals surface area contributed by atoms with Crippen LogP contribution in [0.4, 0.5) is 0 Å². The predicted octanol–water partition coefficient (Wildman–Crippen LogP) is 0.433. The summed E-state index contributed by atoms with van der Waals surface area (Å²) < 4.78 is 16.7. The number of rotatable bonds is 5. The number of hydrogen-bond acceptors (Lipinski definition) is 6. The fourth-order valence-corrected chi connectivity index (χ4v) is 3.20. The average Bonchev–Trinajstić information content (AvgIpc) is 2.64. The average molecular weight is 351 g/mol. The molecule has 0 saturated carbocycles. The number of hydrogen-bond donors (Lipinski definition) is 2. The molecule has 1 amide bonds. The van der Waals surface area contributed by atoms with Gasteiger partial charge in [0.2, 0.25) is 6.10 Å². The van der Waals surface area contributed by atoms with Gasteiger partial charge in [-0.3, -0.25) is 4.79 Å². The minimum Gasteiger partial charge on any atom is -0.485 e. The largest absolute Gasteiger partial charge is 0.485 e. The Morgan fingerprint density at radius 1 is 1.20 bits per heavy atom. The summed E-state index contributed by atoms with van der Waals surface area (Å²) in [5, 5.41) is 19.9. The fourth-order valence-electron chi connectivity index (χ4n) is 3.20. The van der Waals surface area contributed by atoms with E-state index in [9.17, 15) is 15.0 Å². The number of carbonyl (C=O) groups excluding carboxylic acids is 1. The van der Waals surface area contributed by atoms with Crippen LogP contribution in [0.2, 0.25) is 0 Å². The molecule has 0 bridgehead atoms. The highest BCUT2D eigenvalue weighted by atomic mass is 16.6. The first-order chi connectivity index (χ1) is 12.1. The van der Waals surface area contributed by atoms with Crippen LogP contribution in [0.3, 0.4) is 0 Å². The van der Waals surface area contributed by atoms with Crippen molar-refractivity contribution in [3.8, 4) is 11.5 Å². The number of amides is 1. The van der Waals surface area contributed by atoms with E-state index >= 15 is 0 Å². The van der Waals surface area contributed by atoms with Gasteiger partial charge in [0.1, 0.15) is 12.7 Å². The maximum Gasteiger partial charge on any atom is 0.267 e. The second-order valence-corrected chi connectivity index (χ2v) is 6.50. The summed E-state index contributed by atoms with van der Waals surface area (Å²) in [5.74, 6) is 0.687. The van der Waals surface area contributed by atoms with Crippen molar-refractivity contribution >= 4 is 5.91 Å². The molecular formula is C18H25NO6. The smallest absolute Gasteiger partial charge is 0.267 e. The monoisotopic (exact) mass is 351 g/mol. The number of nitrogens with zero attached hydrogens (tertiary/aromatic N) is 1. The summed E-state index contributed by atoms with van der Waals surface area (Å²) in [6, 6.07) is 7.25. The van der Waals surface area contributed by atoms with E-state index in [0.29, 0.717) is 31.2 Å². The fraction of sp³-hybridized carbons (Fsp3) is 0.611. The molecule has 3 rings (SSSR count). The van der Waals surface area contributed by atoms with Crippen LogP contribution in [0.25, 0.3) is 0 Å². The second-order valence-electron chi connectivity index (χ2n) is 6.50. The summed E-state index contributed by atoms with van der Waals surface area (Å²) >= 11 is 0. The number of carbonyl (C=O) groups is 1. The Labute approximate surface area is 147 Å². The number of fused-ring (bicyclic) bond motifs is 1. The topological polar surface area (TPSA) is 88.5 Å². The van der Waals surface area contributed by atoms with Gasteiger partial charge < -0.3 is 29.3 Å². The molecule has 4 atom stereocenters. The first-order valence-corrected chi connectivity index (χ1v) is 8.71. The molecular weight excluding hydrogens is 326 g/mol. The van der Waals surface area contributed by atoms with E-state index < -0.39 is 18.3 Å². The number of benzene rings is 1. The molecule has 25 heavy (non-hydrogen) atoms. The molecule has 1 fully saturated rings. The zero-order valence-electron chi connectivity index (χ0n) is 14.3. The highest BCUT2D eigenvalue weighted by Crippen LogP contribution is 2.31. The van der Waals surface area contributed by atoms with Crippen molar-refractivity contribution in [2.24, 2.45) is 5.92 Å². The van der Waals surface area contributed by atoms with E-state index in [0.717, 1.165) is 6.42 Å². The molecule has 0 radical (unpaired) electrons. The maximum atomic E-state index is 12.9. The Hall–Kier alpha value is -1.83. The lowest BCUT2D eigenvalue weighted by atomic mass is 9.95. The molecule has 2 aliphatic rings. The number of para-hydroxylation sites is 2. The summed E-state index contributed by atoms with van der Waals surface area (Å²) in [6.07, 6.45) is -1.75. The van der Waals surface area contributed by atoms with Crippen LogP contribution in [0.15, 0.2) is 24.3 Å². The van der Waals surface area contributed by atoms with Crippen LogP contribution in [-0.4, -0.2) is 72.2 Å². The van der Waals surface area contributed by atoms with Gasteiger partial charge in [-0.05, 0) is 18.6 Å². The molecule has 7 nitrogen and oxygen atoms in total. The van der Waals surface area contributed by atoms with Gasteiger partial charge in [0.25, 0.3) is 5.91 Å². The van der Waals surface area contributed by atoms with Gasteiger partial charge >= 0.3 is 0 Å². The summed E-state index contributed by atoms with van der Waals surface area (Å²) in [5.41, 5.74) is 0. The highest BCUT2D eigenvalue weighted by molar-refractivity contribution is 5.82. The number of ether oxygens (including phenoxy) is 3. The first-order valence-electron chi connectivity index (χ1n) is 8.71. The minimum absolute atomic E-state index is 0.121. The molecule has 0 unspecified atom stereocenters. The van der Waals surface area contributed by atoms with Crippen LogP contribution in [0.5, 0.6) is 11.5 Å². The van der Waals surface area contributed by atoms with Gasteiger partial charge in [-0.15, -0.1) is 0 Å². The van der Waals surface area contributed by atoms with Crippen molar-refractivity contribution in [3.63, 3.8) is 0 Å².